The Kier molecular flexibility index (Phi) is 12.9. The quantitative estimate of drug-likeness (QED) is 0.246. The molecule has 0 amide bonds. The van der Waals surface area contributed by atoms with E-state index in [2.05, 4.69) is 116 Å². The number of halogens is 2. The van der Waals surface area contributed by atoms with Crippen LogP contribution in [0.4, 0.5) is 0 Å². The van der Waals surface area contributed by atoms with Gasteiger partial charge in [-0.1, -0.05) is 64.4 Å². The molecule has 0 radical (unpaired) electrons. The Labute approximate surface area is 287 Å². The summed E-state index contributed by atoms with van der Waals surface area (Å²) in [6.45, 7) is 6.72. The van der Waals surface area contributed by atoms with Gasteiger partial charge in [-0.3, -0.25) is 29.4 Å². The molecule has 4 atom stereocenters. The zero-order valence-electron chi connectivity index (χ0n) is 25.8. The van der Waals surface area contributed by atoms with E-state index in [1.807, 2.05) is 0 Å². The van der Waals surface area contributed by atoms with Crippen molar-refractivity contribution in [2.24, 2.45) is 0 Å². The molecule has 8 fully saturated rings. The Morgan fingerprint density at radius 1 is 0.558 bits per heavy atom. The van der Waals surface area contributed by atoms with Crippen LogP contribution < -0.4 is 24.8 Å². The molecule has 0 aromatic heterocycles. The molecule has 8 heterocycles. The van der Waals surface area contributed by atoms with Gasteiger partial charge in [0, 0.05) is 50.8 Å². The maximum absolute atomic E-state index is 2.69. The number of benzene rings is 2. The Bertz CT molecular complexity index is 1060. The maximum atomic E-state index is 2.69. The van der Waals surface area contributed by atoms with Crippen molar-refractivity contribution < 1.29 is 45.2 Å². The van der Waals surface area contributed by atoms with E-state index in [9.17, 15) is 0 Å². The largest absolute Gasteiger partial charge is 2.00 e. The summed E-state index contributed by atoms with van der Waals surface area (Å²) in [5.74, 6) is 0. The first-order chi connectivity index (χ1) is 19.4. The molecule has 43 heavy (non-hydrogen) atoms. The van der Waals surface area contributed by atoms with Crippen molar-refractivity contribution in [3.05, 3.63) is 70.8 Å². The molecule has 0 aliphatic carbocycles. The molecular formula is C30H46Cl2N8P2Pd. The zero-order valence-corrected chi connectivity index (χ0v) is 30.7. The van der Waals surface area contributed by atoms with Gasteiger partial charge in [-0.05, 0) is 50.4 Å². The average Bonchev–Trinajstić information content (AvgIpc) is 2.89. The molecule has 10 rings (SSSR count). The van der Waals surface area contributed by atoms with Gasteiger partial charge < -0.3 is 34.6 Å². The first-order valence-corrected chi connectivity index (χ1v) is 18.5. The van der Waals surface area contributed by atoms with Gasteiger partial charge in [-0.2, -0.15) is 0 Å². The second-order valence-electron chi connectivity index (χ2n) is 13.1. The van der Waals surface area contributed by atoms with Crippen LogP contribution >= 0.6 is 15.8 Å². The summed E-state index contributed by atoms with van der Waals surface area (Å²) in [7, 11) is 9.05. The Morgan fingerprint density at radius 2 is 0.884 bits per heavy atom. The van der Waals surface area contributed by atoms with E-state index in [0.717, 1.165) is 39.8 Å². The summed E-state index contributed by atoms with van der Waals surface area (Å²) >= 11 is 0. The van der Waals surface area contributed by atoms with Crippen molar-refractivity contribution in [3.63, 3.8) is 0 Å². The van der Waals surface area contributed by atoms with E-state index in [-0.39, 0.29) is 61.1 Å². The molecular weight excluding hydrogens is 712 g/mol. The van der Waals surface area contributed by atoms with Gasteiger partial charge >= 0.3 is 20.4 Å². The van der Waals surface area contributed by atoms with Crippen LogP contribution in [0, 0.1) is 0 Å². The number of hydrogen-bond acceptors (Lipinski definition) is 8. The normalized spacial score (nSPS) is 36.0. The monoisotopic (exact) mass is 756 g/mol. The maximum Gasteiger partial charge on any atom is 2.00 e. The van der Waals surface area contributed by atoms with E-state index in [0.29, 0.717) is 12.3 Å². The fraction of sp³-hybridized carbons (Fsp3) is 0.600. The van der Waals surface area contributed by atoms with Crippen molar-refractivity contribution in [2.45, 2.75) is 25.4 Å². The van der Waals surface area contributed by atoms with Gasteiger partial charge in [0.2, 0.25) is 0 Å². The molecule has 8 aliphatic heterocycles. The molecule has 8 bridgehead atoms. The minimum absolute atomic E-state index is 0. The molecule has 13 heteroatoms. The third kappa shape index (κ3) is 7.69. The first kappa shape index (κ1) is 36.1. The minimum atomic E-state index is 0. The van der Waals surface area contributed by atoms with E-state index in [1.165, 1.54) is 60.0 Å². The second-order valence-corrected chi connectivity index (χ2v) is 17.5. The third-order valence-electron chi connectivity index (χ3n) is 8.88. The smallest absolute Gasteiger partial charge is 1.00 e. The van der Waals surface area contributed by atoms with E-state index >= 15 is 0 Å². The number of hydrogen-bond donors (Lipinski definition) is 0. The molecule has 8 aliphatic rings. The van der Waals surface area contributed by atoms with Crippen LogP contribution in [0.5, 0.6) is 0 Å². The molecule has 4 unspecified atom stereocenters. The van der Waals surface area contributed by atoms with Crippen molar-refractivity contribution in [2.75, 3.05) is 92.6 Å². The van der Waals surface area contributed by atoms with Crippen LogP contribution in [0.15, 0.2) is 48.5 Å². The Morgan fingerprint density at radius 3 is 1.19 bits per heavy atom. The molecule has 0 saturated carbocycles. The fourth-order valence-electron chi connectivity index (χ4n) is 7.75. The molecule has 0 spiro atoms. The topological polar surface area (TPSA) is 25.9 Å². The predicted molar refractivity (Wildman–Crippen MR) is 167 cm³/mol. The SMILES string of the molecule is CN(C)Cc1ccccc1C1N2CN3CN1CP(C3)C2.CN(C)Cc1ccccc1C1N2CN3CN1CP(C3)C2.[Cl-].[Cl-].[Pd+2]. The predicted octanol–water partition coefficient (Wildman–Crippen LogP) is -2.07. The second kappa shape index (κ2) is 15.4. The van der Waals surface area contributed by atoms with Gasteiger partial charge in [0.25, 0.3) is 0 Å². The van der Waals surface area contributed by atoms with Crippen molar-refractivity contribution in [1.29, 1.82) is 0 Å². The van der Waals surface area contributed by atoms with E-state index in [4.69, 9.17) is 0 Å². The van der Waals surface area contributed by atoms with Crippen molar-refractivity contribution in [1.82, 2.24) is 39.2 Å². The van der Waals surface area contributed by atoms with Gasteiger partial charge in [-0.15, -0.1) is 0 Å². The number of rotatable bonds is 6. The standard InChI is InChI=1S/2C15H23N4P.2ClH.Pd/c2*1-16(2)7-13-5-3-4-6-14(13)15-18-8-17-9-19(15)12-20(10-17)11-18;;;/h2*3-6,15H,7-12H2,1-2H3;2*1H;/q;;;;+2/p-2. The van der Waals surface area contributed by atoms with E-state index < -0.39 is 0 Å². The fourth-order valence-corrected chi connectivity index (χ4v) is 12.8. The zero-order chi connectivity index (χ0) is 27.4. The van der Waals surface area contributed by atoms with Crippen LogP contribution in [0.3, 0.4) is 0 Å². The first-order valence-electron chi connectivity index (χ1n) is 14.7. The molecule has 8 saturated heterocycles. The van der Waals surface area contributed by atoms with Crippen molar-refractivity contribution >= 4 is 15.8 Å². The minimum Gasteiger partial charge on any atom is -1.00 e. The van der Waals surface area contributed by atoms with Crippen LogP contribution in [0.2, 0.25) is 0 Å². The summed E-state index contributed by atoms with van der Waals surface area (Å²) < 4.78 is 0. The van der Waals surface area contributed by atoms with Gasteiger partial charge in [0.05, 0.1) is 39.0 Å². The van der Waals surface area contributed by atoms with Crippen LogP contribution in [0.1, 0.15) is 34.6 Å². The van der Waals surface area contributed by atoms with E-state index in [1.54, 1.807) is 0 Å². The Hall–Kier alpha value is 0.222. The summed E-state index contributed by atoms with van der Waals surface area (Å²) in [6, 6.07) is 18.0. The van der Waals surface area contributed by atoms with Gasteiger partial charge in [-0.25, -0.2) is 0 Å². The molecule has 0 N–H and O–H groups in total. The third-order valence-corrected chi connectivity index (χ3v) is 13.5. The Balaban J connectivity index is 0.000000184. The average molecular weight is 758 g/mol. The molecule has 8 nitrogen and oxygen atoms in total. The summed E-state index contributed by atoms with van der Waals surface area (Å²) in [5.41, 5.74) is 6.02. The molecule has 2 aromatic rings. The number of nitrogens with zero attached hydrogens (tertiary/aromatic N) is 8. The van der Waals surface area contributed by atoms with Crippen molar-refractivity contribution in [3.8, 4) is 0 Å². The summed E-state index contributed by atoms with van der Waals surface area (Å²) in [6.07, 6.45) is 9.12. The summed E-state index contributed by atoms with van der Waals surface area (Å²) in [4.78, 5) is 20.5. The molecule has 240 valence electrons. The van der Waals surface area contributed by atoms with Gasteiger partial charge in [0.15, 0.2) is 0 Å². The summed E-state index contributed by atoms with van der Waals surface area (Å²) in [5, 5.41) is 0. The van der Waals surface area contributed by atoms with Crippen LogP contribution in [-0.4, -0.2) is 132 Å². The van der Waals surface area contributed by atoms with Crippen LogP contribution in [-0.2, 0) is 33.5 Å². The van der Waals surface area contributed by atoms with Gasteiger partial charge in [0.1, 0.15) is 0 Å². The molecule has 2 aromatic carbocycles. The van der Waals surface area contributed by atoms with Crippen LogP contribution in [0.25, 0.3) is 0 Å².